The highest BCUT2D eigenvalue weighted by atomic mass is 35.5. The first-order valence-corrected chi connectivity index (χ1v) is 13.5. The van der Waals surface area contributed by atoms with Crippen molar-refractivity contribution in [1.29, 1.82) is 0 Å². The summed E-state index contributed by atoms with van der Waals surface area (Å²) in [6.45, 7) is 1.38. The van der Waals surface area contributed by atoms with E-state index in [0.717, 1.165) is 12.8 Å². The van der Waals surface area contributed by atoms with Crippen molar-refractivity contribution in [2.24, 2.45) is 5.92 Å². The summed E-state index contributed by atoms with van der Waals surface area (Å²) < 4.78 is 5.75. The number of halogens is 1. The minimum atomic E-state index is -0.283. The van der Waals surface area contributed by atoms with Crippen LogP contribution in [0.2, 0.25) is 4.34 Å². The van der Waals surface area contributed by atoms with Crippen LogP contribution in [0.3, 0.4) is 0 Å². The number of morpholine rings is 1. The highest BCUT2D eigenvalue weighted by Crippen LogP contribution is 2.31. The van der Waals surface area contributed by atoms with Crippen LogP contribution in [0, 0.1) is 5.92 Å². The van der Waals surface area contributed by atoms with Gasteiger partial charge in [0.15, 0.2) is 0 Å². The molecule has 1 aromatic heterocycles. The number of anilines is 1. The highest BCUT2D eigenvalue weighted by molar-refractivity contribution is 7.18. The fourth-order valence-electron chi connectivity index (χ4n) is 4.80. The van der Waals surface area contributed by atoms with E-state index in [-0.39, 0.29) is 48.7 Å². The molecule has 2 N–H and O–H groups in total. The van der Waals surface area contributed by atoms with E-state index in [0.29, 0.717) is 52.0 Å². The molecule has 0 atom stereocenters. The molecule has 1 saturated carbocycles. The number of hydrogen-bond donors (Lipinski definition) is 2. The Kier molecular flexibility index (Phi) is 8.83. The number of rotatable bonds is 7. The normalized spacial score (nSPS) is 19.9. The number of benzene rings is 1. The Morgan fingerprint density at radius 2 is 1.89 bits per heavy atom. The number of para-hydroxylation sites is 1. The molecule has 37 heavy (non-hydrogen) atoms. The van der Waals surface area contributed by atoms with E-state index in [4.69, 9.17) is 16.3 Å². The van der Waals surface area contributed by atoms with Crippen LogP contribution in [0.15, 0.2) is 30.3 Å². The van der Waals surface area contributed by atoms with Gasteiger partial charge in [0.2, 0.25) is 11.8 Å². The zero-order chi connectivity index (χ0) is 26.5. The van der Waals surface area contributed by atoms with Crippen LogP contribution in [0.25, 0.3) is 0 Å². The third-order valence-corrected chi connectivity index (χ3v) is 8.03. The topological polar surface area (TPSA) is 108 Å². The number of carbonyl (C=O) groups excluding carboxylic acids is 4. The van der Waals surface area contributed by atoms with Crippen molar-refractivity contribution in [3.8, 4) is 0 Å². The summed E-state index contributed by atoms with van der Waals surface area (Å²) in [5.74, 6) is -0.918. The number of hydrogen-bond acceptors (Lipinski definition) is 6. The van der Waals surface area contributed by atoms with Crippen molar-refractivity contribution in [2.45, 2.75) is 38.3 Å². The van der Waals surface area contributed by atoms with Gasteiger partial charge in [0, 0.05) is 39.1 Å². The molecule has 1 aliphatic heterocycles. The zero-order valence-electron chi connectivity index (χ0n) is 20.9. The molecule has 0 radical (unpaired) electrons. The lowest BCUT2D eigenvalue weighted by Crippen LogP contribution is -2.49. The van der Waals surface area contributed by atoms with Gasteiger partial charge < -0.3 is 25.2 Å². The quantitative estimate of drug-likeness (QED) is 0.553. The van der Waals surface area contributed by atoms with Crippen molar-refractivity contribution < 1.29 is 23.9 Å². The van der Waals surface area contributed by atoms with E-state index in [1.165, 1.54) is 16.2 Å². The molecular formula is C26H31ClN4O5S. The summed E-state index contributed by atoms with van der Waals surface area (Å²) in [6, 6.07) is 8.62. The number of thiophene rings is 1. The summed E-state index contributed by atoms with van der Waals surface area (Å²) in [7, 11) is 3.30. The van der Waals surface area contributed by atoms with Gasteiger partial charge in [-0.05, 0) is 49.4 Å². The number of nitrogens with one attached hydrogen (secondary N) is 2. The largest absolute Gasteiger partial charge is 0.370 e. The first-order chi connectivity index (χ1) is 17.7. The van der Waals surface area contributed by atoms with Crippen LogP contribution in [-0.4, -0.2) is 73.3 Å². The Morgan fingerprint density at radius 1 is 1.14 bits per heavy atom. The van der Waals surface area contributed by atoms with Gasteiger partial charge in [0.1, 0.15) is 6.61 Å². The molecule has 4 amide bonds. The summed E-state index contributed by atoms with van der Waals surface area (Å²) in [5, 5.41) is 5.85. The third kappa shape index (κ3) is 6.49. The molecule has 2 heterocycles. The van der Waals surface area contributed by atoms with Gasteiger partial charge in [0.25, 0.3) is 11.8 Å². The Balaban J connectivity index is 1.46. The van der Waals surface area contributed by atoms with Crippen molar-refractivity contribution in [3.63, 3.8) is 0 Å². The Morgan fingerprint density at radius 3 is 2.54 bits per heavy atom. The maximum Gasteiger partial charge on any atom is 0.261 e. The average molecular weight is 547 g/mol. The summed E-state index contributed by atoms with van der Waals surface area (Å²) in [5.41, 5.74) is 1.39. The van der Waals surface area contributed by atoms with Crippen LogP contribution in [0.5, 0.6) is 0 Å². The maximum atomic E-state index is 13.3. The fraction of sp³-hybridized carbons (Fsp3) is 0.462. The lowest BCUT2D eigenvalue weighted by atomic mass is 9.84. The van der Waals surface area contributed by atoms with E-state index in [1.54, 1.807) is 44.4 Å². The lowest BCUT2D eigenvalue weighted by Gasteiger charge is -2.38. The predicted molar refractivity (Wildman–Crippen MR) is 142 cm³/mol. The monoisotopic (exact) mass is 546 g/mol. The molecule has 0 bridgehead atoms. The number of ether oxygens (including phenoxy) is 1. The second-order valence-corrected chi connectivity index (χ2v) is 11.2. The van der Waals surface area contributed by atoms with Crippen LogP contribution in [-0.2, 0) is 20.9 Å². The second kappa shape index (κ2) is 12.1. The maximum absolute atomic E-state index is 13.3. The van der Waals surface area contributed by atoms with Gasteiger partial charge >= 0.3 is 0 Å². The number of carbonyl (C=O) groups is 4. The minimum Gasteiger partial charge on any atom is -0.370 e. The van der Waals surface area contributed by atoms with Gasteiger partial charge in [-0.1, -0.05) is 23.7 Å². The molecule has 2 aromatic rings. The van der Waals surface area contributed by atoms with Crippen LogP contribution in [0.4, 0.5) is 5.69 Å². The Hall–Kier alpha value is -2.95. The predicted octanol–water partition coefficient (Wildman–Crippen LogP) is 3.39. The third-order valence-electron chi connectivity index (χ3n) is 6.80. The van der Waals surface area contributed by atoms with E-state index in [2.05, 4.69) is 10.6 Å². The van der Waals surface area contributed by atoms with Crippen molar-refractivity contribution in [3.05, 3.63) is 50.7 Å². The molecule has 1 aromatic carbocycles. The summed E-state index contributed by atoms with van der Waals surface area (Å²) >= 11 is 7.13. The molecule has 0 unspecified atom stereocenters. The first-order valence-electron chi connectivity index (χ1n) is 12.3. The highest BCUT2D eigenvalue weighted by Gasteiger charge is 2.33. The SMILES string of the molecule is CN(C)C(=O)c1cccc(CNC(=O)c2ccc(Cl)s2)c1NC(=O)C1CCC(N2CCOCC2=O)CC1. The zero-order valence-corrected chi connectivity index (χ0v) is 22.5. The molecule has 4 rings (SSSR count). The molecular weight excluding hydrogens is 516 g/mol. The molecule has 2 aliphatic rings. The van der Waals surface area contributed by atoms with E-state index in [9.17, 15) is 19.2 Å². The molecule has 11 heteroatoms. The first kappa shape index (κ1) is 27.1. The van der Waals surface area contributed by atoms with Crippen LogP contribution < -0.4 is 10.6 Å². The number of nitrogens with zero attached hydrogens (tertiary/aromatic N) is 2. The van der Waals surface area contributed by atoms with E-state index in [1.807, 2.05) is 4.90 Å². The van der Waals surface area contributed by atoms with Crippen molar-refractivity contribution in [2.75, 3.05) is 39.2 Å². The average Bonchev–Trinajstić information content (AvgIpc) is 3.34. The van der Waals surface area contributed by atoms with Gasteiger partial charge in [-0.15, -0.1) is 11.3 Å². The van der Waals surface area contributed by atoms with Gasteiger partial charge in [0.05, 0.1) is 27.1 Å². The van der Waals surface area contributed by atoms with Crippen LogP contribution >= 0.6 is 22.9 Å². The van der Waals surface area contributed by atoms with E-state index >= 15 is 0 Å². The standard InChI is InChI=1S/C26H31ClN4O5S/c1-30(2)26(35)19-5-3-4-17(14-28-25(34)20-10-11-21(27)37-20)23(19)29-24(33)16-6-8-18(9-7-16)31-12-13-36-15-22(31)32/h3-5,10-11,16,18H,6-9,12-15H2,1-2H3,(H,28,34)(H,29,33). The molecule has 1 aliphatic carbocycles. The summed E-state index contributed by atoms with van der Waals surface area (Å²) in [4.78, 5) is 54.8. The van der Waals surface area contributed by atoms with Gasteiger partial charge in [-0.2, -0.15) is 0 Å². The molecule has 0 spiro atoms. The van der Waals surface area contributed by atoms with Gasteiger partial charge in [-0.3, -0.25) is 19.2 Å². The molecule has 9 nitrogen and oxygen atoms in total. The minimum absolute atomic E-state index is 0.00628. The Labute approximate surface area is 225 Å². The van der Waals surface area contributed by atoms with Crippen LogP contribution in [0.1, 0.15) is 51.3 Å². The number of amides is 4. The molecule has 198 valence electrons. The van der Waals surface area contributed by atoms with Gasteiger partial charge in [-0.25, -0.2) is 0 Å². The van der Waals surface area contributed by atoms with Crippen molar-refractivity contribution in [1.82, 2.24) is 15.1 Å². The molecule has 1 saturated heterocycles. The van der Waals surface area contributed by atoms with Crippen molar-refractivity contribution >= 4 is 52.3 Å². The van der Waals surface area contributed by atoms with E-state index < -0.39 is 0 Å². The fourth-order valence-corrected chi connectivity index (χ4v) is 5.76. The molecule has 2 fully saturated rings. The lowest BCUT2D eigenvalue weighted by molar-refractivity contribution is -0.146. The Bertz CT molecular complexity index is 1180. The summed E-state index contributed by atoms with van der Waals surface area (Å²) in [6.07, 6.45) is 2.79. The second-order valence-electron chi connectivity index (χ2n) is 9.46. The smallest absolute Gasteiger partial charge is 0.261 e.